The number of rotatable bonds is 5. The molecule has 1 N–H and O–H groups in total. The van der Waals surface area contributed by atoms with E-state index < -0.39 is 16.1 Å². The van der Waals surface area contributed by atoms with Gasteiger partial charge in [0.2, 0.25) is 10.0 Å². The summed E-state index contributed by atoms with van der Waals surface area (Å²) in [6.45, 7) is 3.87. The summed E-state index contributed by atoms with van der Waals surface area (Å²) in [4.78, 5) is 0.197. The molecular weight excluding hydrogens is 349 g/mol. The lowest BCUT2D eigenvalue weighted by molar-refractivity contribution is 0.571. The van der Waals surface area contributed by atoms with Gasteiger partial charge in [-0.15, -0.1) is 0 Å². The van der Waals surface area contributed by atoms with Crippen LogP contribution in [0.5, 0.6) is 0 Å². The molecule has 3 aromatic carbocycles. The molecule has 0 aliphatic rings. The van der Waals surface area contributed by atoms with Crippen molar-refractivity contribution in [2.45, 2.75) is 24.8 Å². The molecule has 0 bridgehead atoms. The van der Waals surface area contributed by atoms with E-state index in [0.717, 1.165) is 16.7 Å². The average molecular weight is 369 g/mol. The molecule has 0 aromatic heterocycles. The van der Waals surface area contributed by atoms with Crippen molar-refractivity contribution in [3.63, 3.8) is 0 Å². The van der Waals surface area contributed by atoms with Gasteiger partial charge < -0.3 is 0 Å². The average Bonchev–Trinajstić information content (AvgIpc) is 2.62. The van der Waals surface area contributed by atoms with E-state index in [-0.39, 0.29) is 10.7 Å². The van der Waals surface area contributed by atoms with E-state index in [1.54, 1.807) is 36.4 Å². The third-order valence-electron chi connectivity index (χ3n) is 4.22. The first kappa shape index (κ1) is 18.3. The fraction of sp³-hybridized carbons (Fsp3) is 0.143. The highest BCUT2D eigenvalue weighted by atomic mass is 32.2. The summed E-state index contributed by atoms with van der Waals surface area (Å²) in [5.74, 6) is -0.363. The Morgan fingerprint density at radius 3 is 1.65 bits per heavy atom. The van der Waals surface area contributed by atoms with Gasteiger partial charge in [0.25, 0.3) is 0 Å². The van der Waals surface area contributed by atoms with Gasteiger partial charge in [-0.3, -0.25) is 0 Å². The smallest absolute Gasteiger partial charge is 0.207 e. The summed E-state index contributed by atoms with van der Waals surface area (Å²) in [6.07, 6.45) is 0. The number of sulfonamides is 1. The molecule has 0 unspecified atom stereocenters. The topological polar surface area (TPSA) is 46.2 Å². The fourth-order valence-electron chi connectivity index (χ4n) is 2.68. The maximum absolute atomic E-state index is 13.3. The second-order valence-electron chi connectivity index (χ2n) is 6.33. The van der Waals surface area contributed by atoms with Crippen molar-refractivity contribution in [3.05, 3.63) is 101 Å². The molecule has 0 spiro atoms. The summed E-state index contributed by atoms with van der Waals surface area (Å²) in [5.41, 5.74) is 3.52. The molecule has 26 heavy (non-hydrogen) atoms. The molecule has 3 rings (SSSR count). The van der Waals surface area contributed by atoms with Crippen LogP contribution in [0.4, 0.5) is 4.39 Å². The predicted molar refractivity (Wildman–Crippen MR) is 101 cm³/mol. The number of halogens is 1. The Bertz CT molecular complexity index is 934. The van der Waals surface area contributed by atoms with Gasteiger partial charge in [-0.1, -0.05) is 59.7 Å². The standard InChI is InChI=1S/C21H20FNO2S/c1-15-3-7-17(8-4-15)21(18-9-11-19(22)12-10-18)23-26(24,25)20-13-5-16(2)6-14-20/h3-14,21,23H,1-2H3/t21-/m1/s1. The molecule has 0 amide bonds. The van der Waals surface area contributed by atoms with Crippen LogP contribution in [0.1, 0.15) is 28.3 Å². The first-order valence-electron chi connectivity index (χ1n) is 8.26. The van der Waals surface area contributed by atoms with Gasteiger partial charge in [0.15, 0.2) is 0 Å². The summed E-state index contributed by atoms with van der Waals surface area (Å²) in [5, 5.41) is 0. The molecule has 3 aromatic rings. The Kier molecular flexibility index (Phi) is 5.20. The minimum atomic E-state index is -3.74. The molecule has 1 atom stereocenters. The Balaban J connectivity index is 2.01. The van der Waals surface area contributed by atoms with Crippen LogP contribution in [0.2, 0.25) is 0 Å². The lowest BCUT2D eigenvalue weighted by Crippen LogP contribution is -2.29. The third kappa shape index (κ3) is 4.18. The van der Waals surface area contributed by atoms with Crippen molar-refractivity contribution in [3.8, 4) is 0 Å². The third-order valence-corrected chi connectivity index (χ3v) is 5.66. The lowest BCUT2D eigenvalue weighted by atomic mass is 9.99. The van der Waals surface area contributed by atoms with Gasteiger partial charge >= 0.3 is 0 Å². The van der Waals surface area contributed by atoms with Crippen LogP contribution in [-0.4, -0.2) is 8.42 Å². The van der Waals surface area contributed by atoms with E-state index in [1.165, 1.54) is 12.1 Å². The van der Waals surface area contributed by atoms with Crippen LogP contribution in [-0.2, 0) is 10.0 Å². The highest BCUT2D eigenvalue weighted by Crippen LogP contribution is 2.25. The first-order valence-corrected chi connectivity index (χ1v) is 9.74. The van der Waals surface area contributed by atoms with Crippen LogP contribution in [0, 0.1) is 19.7 Å². The lowest BCUT2D eigenvalue weighted by Gasteiger charge is -2.20. The fourth-order valence-corrected chi connectivity index (χ4v) is 3.90. The van der Waals surface area contributed by atoms with E-state index in [2.05, 4.69) is 4.72 Å². The molecule has 5 heteroatoms. The number of aryl methyl sites for hydroxylation is 2. The summed E-state index contributed by atoms with van der Waals surface area (Å²) >= 11 is 0. The second kappa shape index (κ2) is 7.40. The van der Waals surface area contributed by atoms with Crippen LogP contribution < -0.4 is 4.72 Å². The number of nitrogens with one attached hydrogen (secondary N) is 1. The van der Waals surface area contributed by atoms with Gasteiger partial charge in [0, 0.05) is 0 Å². The highest BCUT2D eigenvalue weighted by Gasteiger charge is 2.23. The number of benzene rings is 3. The quantitative estimate of drug-likeness (QED) is 0.719. The van der Waals surface area contributed by atoms with Gasteiger partial charge in [-0.05, 0) is 49.2 Å². The highest BCUT2D eigenvalue weighted by molar-refractivity contribution is 7.89. The zero-order valence-corrected chi connectivity index (χ0v) is 15.4. The van der Waals surface area contributed by atoms with Gasteiger partial charge in [0.1, 0.15) is 5.82 Å². The molecule has 134 valence electrons. The van der Waals surface area contributed by atoms with E-state index >= 15 is 0 Å². The maximum atomic E-state index is 13.3. The number of hydrogen-bond donors (Lipinski definition) is 1. The zero-order valence-electron chi connectivity index (χ0n) is 14.6. The van der Waals surface area contributed by atoms with E-state index in [0.29, 0.717) is 5.56 Å². The van der Waals surface area contributed by atoms with Crippen molar-refractivity contribution in [2.75, 3.05) is 0 Å². The Morgan fingerprint density at radius 1 is 0.731 bits per heavy atom. The summed E-state index contributed by atoms with van der Waals surface area (Å²) in [6, 6.07) is 19.5. The first-order chi connectivity index (χ1) is 12.3. The Morgan fingerprint density at radius 2 is 1.15 bits per heavy atom. The van der Waals surface area contributed by atoms with Crippen LogP contribution in [0.3, 0.4) is 0 Å². The molecule has 0 heterocycles. The molecule has 0 aliphatic heterocycles. The molecule has 0 saturated carbocycles. The van der Waals surface area contributed by atoms with Crippen LogP contribution in [0.15, 0.2) is 77.7 Å². The molecule has 3 nitrogen and oxygen atoms in total. The normalized spacial score (nSPS) is 12.7. The minimum absolute atomic E-state index is 0.197. The second-order valence-corrected chi connectivity index (χ2v) is 8.04. The van der Waals surface area contributed by atoms with Crippen LogP contribution >= 0.6 is 0 Å². The van der Waals surface area contributed by atoms with E-state index in [1.807, 2.05) is 38.1 Å². The molecule has 0 aliphatic carbocycles. The molecule has 0 saturated heterocycles. The maximum Gasteiger partial charge on any atom is 0.241 e. The van der Waals surface area contributed by atoms with Gasteiger partial charge in [0.05, 0.1) is 10.9 Å². The van der Waals surface area contributed by atoms with Crippen molar-refractivity contribution in [1.29, 1.82) is 0 Å². The van der Waals surface area contributed by atoms with Crippen molar-refractivity contribution in [1.82, 2.24) is 4.72 Å². The van der Waals surface area contributed by atoms with Gasteiger partial charge in [-0.25, -0.2) is 12.8 Å². The minimum Gasteiger partial charge on any atom is -0.207 e. The van der Waals surface area contributed by atoms with Crippen LogP contribution in [0.25, 0.3) is 0 Å². The zero-order chi connectivity index (χ0) is 18.7. The monoisotopic (exact) mass is 369 g/mol. The van der Waals surface area contributed by atoms with Crippen molar-refractivity contribution >= 4 is 10.0 Å². The molecule has 0 fully saturated rings. The number of hydrogen-bond acceptors (Lipinski definition) is 2. The Labute approximate surface area is 153 Å². The largest absolute Gasteiger partial charge is 0.241 e. The molecule has 0 radical (unpaired) electrons. The Hall–Kier alpha value is -2.50. The van der Waals surface area contributed by atoms with Crippen molar-refractivity contribution < 1.29 is 12.8 Å². The van der Waals surface area contributed by atoms with E-state index in [9.17, 15) is 12.8 Å². The predicted octanol–water partition coefficient (Wildman–Crippen LogP) is 4.51. The summed E-state index contributed by atoms with van der Waals surface area (Å²) < 4.78 is 41.8. The summed E-state index contributed by atoms with van der Waals surface area (Å²) in [7, 11) is -3.74. The van der Waals surface area contributed by atoms with Gasteiger partial charge in [-0.2, -0.15) is 4.72 Å². The SMILES string of the molecule is Cc1ccc([C@@H](NS(=O)(=O)c2ccc(C)cc2)c2ccc(F)cc2)cc1. The molecular formula is C21H20FNO2S. The van der Waals surface area contributed by atoms with E-state index in [4.69, 9.17) is 0 Å². The van der Waals surface area contributed by atoms with Crippen molar-refractivity contribution in [2.24, 2.45) is 0 Å².